The molecular weight excluding hydrogens is 356 g/mol. The quantitative estimate of drug-likeness (QED) is 0.849. The SMILES string of the molecule is COc1c(Br)cc(Cl)cc1S(=O)(=O)NC1CC(N)C1. The molecule has 5 nitrogen and oxygen atoms in total. The first-order valence-electron chi connectivity index (χ1n) is 5.64. The van der Waals surface area contributed by atoms with Crippen molar-refractivity contribution in [3.8, 4) is 5.75 Å². The molecule has 0 atom stereocenters. The molecule has 8 heteroatoms. The molecule has 0 saturated heterocycles. The molecule has 0 aliphatic heterocycles. The predicted octanol–water partition coefficient (Wildman–Crippen LogP) is 1.88. The normalized spacial score (nSPS) is 22.9. The molecule has 1 aromatic carbocycles. The van der Waals surface area contributed by atoms with Crippen LogP contribution in [0.3, 0.4) is 0 Å². The lowest BCUT2D eigenvalue weighted by atomic mass is 9.89. The van der Waals surface area contributed by atoms with Crippen molar-refractivity contribution < 1.29 is 13.2 Å². The van der Waals surface area contributed by atoms with Crippen LogP contribution < -0.4 is 15.2 Å². The molecule has 2 rings (SSSR count). The third-order valence-electron chi connectivity index (χ3n) is 2.96. The van der Waals surface area contributed by atoms with Gasteiger partial charge in [0.2, 0.25) is 10.0 Å². The van der Waals surface area contributed by atoms with Gasteiger partial charge in [0.05, 0.1) is 11.6 Å². The van der Waals surface area contributed by atoms with Crippen molar-refractivity contribution in [2.24, 2.45) is 5.73 Å². The van der Waals surface area contributed by atoms with Crippen LogP contribution in [0.5, 0.6) is 5.75 Å². The second kappa shape index (κ2) is 5.57. The van der Waals surface area contributed by atoms with Crippen LogP contribution in [-0.2, 0) is 10.0 Å². The van der Waals surface area contributed by atoms with Crippen LogP contribution >= 0.6 is 27.5 Å². The van der Waals surface area contributed by atoms with Crippen molar-refractivity contribution in [1.82, 2.24) is 4.72 Å². The lowest BCUT2D eigenvalue weighted by molar-refractivity contribution is 0.326. The van der Waals surface area contributed by atoms with Crippen LogP contribution in [-0.4, -0.2) is 27.6 Å². The zero-order chi connectivity index (χ0) is 14.2. The number of hydrogen-bond acceptors (Lipinski definition) is 4. The van der Waals surface area contributed by atoms with E-state index in [4.69, 9.17) is 22.1 Å². The largest absolute Gasteiger partial charge is 0.494 e. The van der Waals surface area contributed by atoms with Gasteiger partial charge in [0.25, 0.3) is 0 Å². The molecule has 1 aliphatic rings. The Labute approximate surface area is 125 Å². The minimum absolute atomic E-state index is 0.0230. The summed E-state index contributed by atoms with van der Waals surface area (Å²) < 4.78 is 32.8. The Morgan fingerprint density at radius 2 is 2.11 bits per heavy atom. The maximum absolute atomic E-state index is 12.3. The number of nitrogens with one attached hydrogen (secondary N) is 1. The third kappa shape index (κ3) is 3.22. The highest BCUT2D eigenvalue weighted by Crippen LogP contribution is 2.35. The van der Waals surface area contributed by atoms with Gasteiger partial charge < -0.3 is 10.5 Å². The van der Waals surface area contributed by atoms with Crippen LogP contribution in [0.1, 0.15) is 12.8 Å². The summed E-state index contributed by atoms with van der Waals surface area (Å²) in [6.07, 6.45) is 1.28. The summed E-state index contributed by atoms with van der Waals surface area (Å²) >= 11 is 9.13. The first-order chi connectivity index (χ1) is 8.83. The number of hydrogen-bond donors (Lipinski definition) is 2. The van der Waals surface area contributed by atoms with Gasteiger partial charge in [-0.3, -0.25) is 0 Å². The van der Waals surface area contributed by atoms with Crippen molar-refractivity contribution in [3.05, 3.63) is 21.6 Å². The maximum atomic E-state index is 12.3. The fourth-order valence-corrected chi connectivity index (χ4v) is 4.62. The number of benzene rings is 1. The number of methoxy groups -OCH3 is 1. The van der Waals surface area contributed by atoms with Gasteiger partial charge in [-0.15, -0.1) is 0 Å². The minimum Gasteiger partial charge on any atom is -0.494 e. The Hall–Kier alpha value is -0.340. The molecular formula is C11H14BrClN2O3S. The summed E-state index contributed by atoms with van der Waals surface area (Å²) in [5, 5.41) is 0.318. The zero-order valence-electron chi connectivity index (χ0n) is 10.2. The van der Waals surface area contributed by atoms with Gasteiger partial charge in [0, 0.05) is 17.1 Å². The van der Waals surface area contributed by atoms with E-state index in [1.165, 1.54) is 13.2 Å². The van der Waals surface area contributed by atoms with Crippen molar-refractivity contribution in [2.75, 3.05) is 7.11 Å². The maximum Gasteiger partial charge on any atom is 0.244 e. The molecule has 0 radical (unpaired) electrons. The van der Waals surface area contributed by atoms with Gasteiger partial charge in [-0.1, -0.05) is 11.6 Å². The van der Waals surface area contributed by atoms with E-state index in [0.29, 0.717) is 22.3 Å². The van der Waals surface area contributed by atoms with E-state index in [0.717, 1.165) is 0 Å². The number of sulfonamides is 1. The summed E-state index contributed by atoms with van der Waals surface area (Å²) in [4.78, 5) is 0.0230. The lowest BCUT2D eigenvalue weighted by Gasteiger charge is -2.32. The average Bonchev–Trinajstić information content (AvgIpc) is 2.25. The molecule has 0 aromatic heterocycles. The van der Waals surface area contributed by atoms with E-state index in [1.54, 1.807) is 6.07 Å². The summed E-state index contributed by atoms with van der Waals surface area (Å²) in [7, 11) is -2.27. The van der Waals surface area contributed by atoms with Gasteiger partial charge in [-0.05, 0) is 40.9 Å². The van der Waals surface area contributed by atoms with Gasteiger partial charge in [-0.2, -0.15) is 0 Å². The third-order valence-corrected chi connectivity index (χ3v) is 5.30. The molecule has 106 valence electrons. The number of halogens is 2. The van der Waals surface area contributed by atoms with E-state index in [9.17, 15) is 8.42 Å². The fourth-order valence-electron chi connectivity index (χ4n) is 1.98. The van der Waals surface area contributed by atoms with Crippen LogP contribution in [0.25, 0.3) is 0 Å². The summed E-state index contributed by atoms with van der Waals surface area (Å²) in [5.41, 5.74) is 5.64. The van der Waals surface area contributed by atoms with E-state index >= 15 is 0 Å². The monoisotopic (exact) mass is 368 g/mol. The number of nitrogens with two attached hydrogens (primary N) is 1. The summed E-state index contributed by atoms with van der Waals surface area (Å²) in [5.74, 6) is 0.237. The standard InChI is InChI=1S/C11H14BrClN2O3S/c1-18-11-9(12)2-6(13)3-10(11)19(16,17)15-8-4-7(14)5-8/h2-3,7-8,15H,4-5,14H2,1H3. The second-order valence-electron chi connectivity index (χ2n) is 4.47. The molecule has 1 fully saturated rings. The molecule has 0 spiro atoms. The first kappa shape index (κ1) is 15.1. The highest BCUT2D eigenvalue weighted by atomic mass is 79.9. The predicted molar refractivity (Wildman–Crippen MR) is 77.0 cm³/mol. The van der Waals surface area contributed by atoms with Crippen molar-refractivity contribution in [1.29, 1.82) is 0 Å². The molecule has 1 saturated carbocycles. The molecule has 0 amide bonds. The smallest absolute Gasteiger partial charge is 0.244 e. The Bertz CT molecular complexity index is 588. The van der Waals surface area contributed by atoms with E-state index < -0.39 is 10.0 Å². The van der Waals surface area contributed by atoms with Gasteiger partial charge in [0.1, 0.15) is 4.90 Å². The summed E-state index contributed by atoms with van der Waals surface area (Å²) in [6, 6.07) is 2.90. The molecule has 0 unspecified atom stereocenters. The van der Waals surface area contributed by atoms with Gasteiger partial charge >= 0.3 is 0 Å². The van der Waals surface area contributed by atoms with Crippen LogP contribution in [0.2, 0.25) is 5.02 Å². The molecule has 1 aliphatic carbocycles. The second-order valence-corrected chi connectivity index (χ2v) is 7.44. The Kier molecular flexibility index (Phi) is 4.42. The molecule has 1 aromatic rings. The topological polar surface area (TPSA) is 81.4 Å². The number of ether oxygens (including phenoxy) is 1. The lowest BCUT2D eigenvalue weighted by Crippen LogP contribution is -2.50. The highest BCUT2D eigenvalue weighted by Gasteiger charge is 2.32. The molecule has 0 heterocycles. The van der Waals surface area contributed by atoms with Crippen molar-refractivity contribution in [3.63, 3.8) is 0 Å². The highest BCUT2D eigenvalue weighted by molar-refractivity contribution is 9.10. The zero-order valence-corrected chi connectivity index (χ0v) is 13.3. The molecule has 3 N–H and O–H groups in total. The Balaban J connectivity index is 2.34. The first-order valence-corrected chi connectivity index (χ1v) is 8.30. The van der Waals surface area contributed by atoms with Crippen molar-refractivity contribution in [2.45, 2.75) is 29.8 Å². The summed E-state index contributed by atoms with van der Waals surface area (Å²) in [6.45, 7) is 0. The Morgan fingerprint density at radius 3 is 2.63 bits per heavy atom. The van der Waals surface area contributed by atoms with Gasteiger partial charge in [0.15, 0.2) is 5.75 Å². The fraction of sp³-hybridized carbons (Fsp3) is 0.455. The average molecular weight is 370 g/mol. The van der Waals surface area contributed by atoms with E-state index in [2.05, 4.69) is 20.7 Å². The number of rotatable bonds is 4. The van der Waals surface area contributed by atoms with Crippen LogP contribution in [0.4, 0.5) is 0 Å². The van der Waals surface area contributed by atoms with Crippen molar-refractivity contribution >= 4 is 37.6 Å². The minimum atomic E-state index is -3.68. The molecule has 19 heavy (non-hydrogen) atoms. The van der Waals surface area contributed by atoms with E-state index in [-0.39, 0.29) is 22.7 Å². The molecule has 0 bridgehead atoms. The van der Waals surface area contributed by atoms with Crippen LogP contribution in [0, 0.1) is 0 Å². The van der Waals surface area contributed by atoms with E-state index in [1.807, 2.05) is 0 Å². The van der Waals surface area contributed by atoms with Gasteiger partial charge in [-0.25, -0.2) is 13.1 Å². The Morgan fingerprint density at radius 1 is 1.47 bits per heavy atom. The van der Waals surface area contributed by atoms with Crippen LogP contribution in [0.15, 0.2) is 21.5 Å².